The molecule has 0 unspecified atom stereocenters. The Morgan fingerprint density at radius 3 is 2.75 bits per heavy atom. The number of methoxy groups -OCH3 is 1. The second-order valence-corrected chi connectivity index (χ2v) is 4.74. The summed E-state index contributed by atoms with van der Waals surface area (Å²) < 4.78 is 5.36. The van der Waals surface area contributed by atoms with Crippen molar-refractivity contribution in [2.75, 3.05) is 19.0 Å². The maximum atomic E-state index is 5.78. The largest absolute Gasteiger partial charge is 0.385 e. The number of alkyl halides is 1. The van der Waals surface area contributed by atoms with E-state index < -0.39 is 0 Å². The third-order valence-corrected chi connectivity index (χ3v) is 3.00. The fraction of sp³-hybridized carbons (Fsp3) is 0.538. The maximum absolute atomic E-state index is 5.78. The Kier molecular flexibility index (Phi) is 5.10. The van der Waals surface area contributed by atoms with Crippen LogP contribution >= 0.6 is 11.6 Å². The molecule has 1 aromatic rings. The van der Waals surface area contributed by atoms with Crippen molar-refractivity contribution in [1.29, 1.82) is 0 Å². The summed E-state index contributed by atoms with van der Waals surface area (Å²) in [7, 11) is 1.74. The van der Waals surface area contributed by atoms with Crippen molar-refractivity contribution in [2.45, 2.75) is 31.7 Å². The average Bonchev–Trinajstić information content (AvgIpc) is 2.29. The first kappa shape index (κ1) is 13.3. The van der Waals surface area contributed by atoms with Crippen molar-refractivity contribution in [1.82, 2.24) is 0 Å². The van der Waals surface area contributed by atoms with Gasteiger partial charge in [-0.15, -0.1) is 11.6 Å². The van der Waals surface area contributed by atoms with Gasteiger partial charge in [-0.1, -0.05) is 12.1 Å². The molecule has 0 bridgehead atoms. The summed E-state index contributed by atoms with van der Waals surface area (Å²) in [6.07, 6.45) is 0.967. The van der Waals surface area contributed by atoms with Gasteiger partial charge in [-0.05, 0) is 38.0 Å². The molecule has 0 saturated carbocycles. The third-order valence-electron chi connectivity index (χ3n) is 2.69. The summed E-state index contributed by atoms with van der Waals surface area (Å²) in [5.74, 6) is 0.555. The van der Waals surface area contributed by atoms with Gasteiger partial charge in [0.25, 0.3) is 0 Å². The number of anilines is 1. The van der Waals surface area contributed by atoms with Crippen molar-refractivity contribution >= 4 is 17.3 Å². The lowest BCUT2D eigenvalue weighted by Gasteiger charge is -2.23. The van der Waals surface area contributed by atoms with E-state index in [1.807, 2.05) is 12.1 Å². The molecule has 1 N–H and O–H groups in total. The Bertz CT molecular complexity index is 325. The molecule has 0 fully saturated rings. The van der Waals surface area contributed by atoms with Gasteiger partial charge in [0, 0.05) is 25.2 Å². The van der Waals surface area contributed by atoms with Gasteiger partial charge >= 0.3 is 0 Å². The minimum absolute atomic E-state index is 0.0723. The van der Waals surface area contributed by atoms with E-state index in [1.165, 1.54) is 0 Å². The van der Waals surface area contributed by atoms with Crippen molar-refractivity contribution < 1.29 is 4.74 Å². The van der Waals surface area contributed by atoms with Crippen LogP contribution in [0.1, 0.15) is 25.8 Å². The van der Waals surface area contributed by atoms with Crippen LogP contribution in [0.5, 0.6) is 0 Å². The van der Waals surface area contributed by atoms with Crippen LogP contribution in [0.2, 0.25) is 0 Å². The molecule has 1 aromatic carbocycles. The first-order valence-corrected chi connectivity index (χ1v) is 6.05. The molecule has 0 radical (unpaired) electrons. The minimum atomic E-state index is -0.0723. The van der Waals surface area contributed by atoms with E-state index in [9.17, 15) is 0 Å². The lowest BCUT2D eigenvalue weighted by molar-refractivity contribution is 0.0185. The van der Waals surface area contributed by atoms with E-state index in [1.54, 1.807) is 7.11 Å². The highest BCUT2D eigenvalue weighted by molar-refractivity contribution is 6.17. The molecule has 0 saturated heterocycles. The number of ether oxygens (including phenoxy) is 1. The van der Waals surface area contributed by atoms with Gasteiger partial charge in [-0.2, -0.15) is 0 Å². The van der Waals surface area contributed by atoms with Crippen LogP contribution in [-0.4, -0.2) is 19.3 Å². The molecule has 0 aliphatic carbocycles. The zero-order valence-corrected chi connectivity index (χ0v) is 11.0. The van der Waals surface area contributed by atoms with Crippen molar-refractivity contribution in [2.24, 2.45) is 0 Å². The second-order valence-electron chi connectivity index (χ2n) is 4.47. The van der Waals surface area contributed by atoms with E-state index in [4.69, 9.17) is 16.3 Å². The molecule has 1 rings (SSSR count). The number of halogens is 1. The fourth-order valence-electron chi connectivity index (χ4n) is 1.37. The number of rotatable bonds is 6. The molecule has 0 atom stereocenters. The molecular weight excluding hydrogens is 222 g/mol. The Morgan fingerprint density at radius 2 is 2.12 bits per heavy atom. The topological polar surface area (TPSA) is 21.3 Å². The van der Waals surface area contributed by atoms with Crippen molar-refractivity contribution in [3.05, 3.63) is 29.8 Å². The summed E-state index contributed by atoms with van der Waals surface area (Å²) in [6, 6.07) is 8.17. The van der Waals surface area contributed by atoms with E-state index in [0.717, 1.165) is 24.2 Å². The highest BCUT2D eigenvalue weighted by atomic mass is 35.5. The van der Waals surface area contributed by atoms with Crippen LogP contribution in [0.25, 0.3) is 0 Å². The minimum Gasteiger partial charge on any atom is -0.385 e. The summed E-state index contributed by atoms with van der Waals surface area (Å²) >= 11 is 5.78. The zero-order chi connectivity index (χ0) is 12.0. The normalized spacial score (nSPS) is 11.5. The van der Waals surface area contributed by atoms with Crippen molar-refractivity contribution in [3.8, 4) is 0 Å². The van der Waals surface area contributed by atoms with Gasteiger partial charge in [-0.25, -0.2) is 0 Å². The smallest absolute Gasteiger partial charge is 0.0639 e. The first-order valence-electron chi connectivity index (χ1n) is 5.51. The number of hydrogen-bond acceptors (Lipinski definition) is 2. The Hall–Kier alpha value is -0.730. The molecule has 90 valence electrons. The van der Waals surface area contributed by atoms with E-state index in [-0.39, 0.29) is 5.60 Å². The Labute approximate surface area is 103 Å². The lowest BCUT2D eigenvalue weighted by Crippen LogP contribution is -2.25. The van der Waals surface area contributed by atoms with Crippen LogP contribution in [0.15, 0.2) is 24.3 Å². The zero-order valence-electron chi connectivity index (χ0n) is 10.2. The van der Waals surface area contributed by atoms with Crippen LogP contribution in [0.4, 0.5) is 5.69 Å². The Morgan fingerprint density at radius 1 is 1.38 bits per heavy atom. The number of nitrogens with one attached hydrogen (secondary N) is 1. The van der Waals surface area contributed by atoms with Gasteiger partial charge in [-0.3, -0.25) is 0 Å². The van der Waals surface area contributed by atoms with Crippen molar-refractivity contribution in [3.63, 3.8) is 0 Å². The molecule has 0 heterocycles. The molecular formula is C13H20ClNO. The number of benzene rings is 1. The standard InChI is InChI=1S/C13H20ClNO/c1-13(2,16-3)7-8-15-12-6-4-5-11(9-12)10-14/h4-6,9,15H,7-8,10H2,1-3H3. The van der Waals surface area contributed by atoms with Gasteiger partial charge < -0.3 is 10.1 Å². The summed E-state index contributed by atoms with van der Waals surface area (Å²) in [4.78, 5) is 0. The van der Waals surface area contributed by atoms with E-state index in [2.05, 4.69) is 31.3 Å². The van der Waals surface area contributed by atoms with Gasteiger partial charge in [0.1, 0.15) is 0 Å². The third kappa shape index (κ3) is 4.42. The first-order chi connectivity index (χ1) is 7.57. The molecule has 0 aromatic heterocycles. The van der Waals surface area contributed by atoms with Crippen LogP contribution in [0, 0.1) is 0 Å². The predicted octanol–water partition coefficient (Wildman–Crippen LogP) is 3.65. The van der Waals surface area contributed by atoms with E-state index in [0.29, 0.717) is 5.88 Å². The molecule has 0 aliphatic heterocycles. The van der Waals surface area contributed by atoms with Crippen LogP contribution in [-0.2, 0) is 10.6 Å². The summed E-state index contributed by atoms with van der Waals surface area (Å²) in [5, 5.41) is 3.37. The quantitative estimate of drug-likeness (QED) is 0.768. The van der Waals surface area contributed by atoms with Gasteiger partial charge in [0.05, 0.1) is 5.60 Å². The SMILES string of the molecule is COC(C)(C)CCNc1cccc(CCl)c1. The predicted molar refractivity (Wildman–Crippen MR) is 70.2 cm³/mol. The van der Waals surface area contributed by atoms with Crippen LogP contribution < -0.4 is 5.32 Å². The maximum Gasteiger partial charge on any atom is 0.0639 e. The Balaban J connectivity index is 2.42. The molecule has 0 spiro atoms. The average molecular weight is 242 g/mol. The molecule has 16 heavy (non-hydrogen) atoms. The summed E-state index contributed by atoms with van der Waals surface area (Å²) in [6.45, 7) is 5.07. The second kappa shape index (κ2) is 6.12. The highest BCUT2D eigenvalue weighted by Gasteiger charge is 2.14. The fourth-order valence-corrected chi connectivity index (χ4v) is 1.54. The monoisotopic (exact) mass is 241 g/mol. The molecule has 0 aliphatic rings. The molecule has 3 heteroatoms. The molecule has 0 amide bonds. The van der Waals surface area contributed by atoms with Gasteiger partial charge in [0.2, 0.25) is 0 Å². The van der Waals surface area contributed by atoms with Gasteiger partial charge in [0.15, 0.2) is 0 Å². The van der Waals surface area contributed by atoms with Crippen LogP contribution in [0.3, 0.4) is 0 Å². The molecule has 2 nitrogen and oxygen atoms in total. The highest BCUT2D eigenvalue weighted by Crippen LogP contribution is 2.15. The lowest BCUT2D eigenvalue weighted by atomic mass is 10.1. The number of hydrogen-bond donors (Lipinski definition) is 1. The van der Waals surface area contributed by atoms with E-state index >= 15 is 0 Å². The summed E-state index contributed by atoms with van der Waals surface area (Å²) in [5.41, 5.74) is 2.18.